The summed E-state index contributed by atoms with van der Waals surface area (Å²) in [4.78, 5) is 15.5. The highest BCUT2D eigenvalue weighted by Gasteiger charge is 2.05. The van der Waals surface area contributed by atoms with Gasteiger partial charge in [-0.2, -0.15) is 4.98 Å². The lowest BCUT2D eigenvalue weighted by molar-refractivity contribution is -0.119. The zero-order valence-corrected chi connectivity index (χ0v) is 10.8. The predicted molar refractivity (Wildman–Crippen MR) is 71.6 cm³/mol. The Balaban J connectivity index is 2.58. The quantitative estimate of drug-likeness (QED) is 0.673. The number of amides is 1. The molecule has 18 heavy (non-hydrogen) atoms. The predicted octanol–water partition coefficient (Wildman–Crippen LogP) is 1.00. The Labute approximate surface area is 107 Å². The summed E-state index contributed by atoms with van der Waals surface area (Å²) >= 11 is 0. The average Bonchev–Trinajstić information content (AvgIpc) is 2.36. The summed E-state index contributed by atoms with van der Waals surface area (Å²) in [6, 6.07) is 3.42. The van der Waals surface area contributed by atoms with E-state index in [0.29, 0.717) is 30.5 Å². The van der Waals surface area contributed by atoms with Crippen molar-refractivity contribution in [2.45, 2.75) is 20.3 Å². The molecule has 0 aliphatic heterocycles. The van der Waals surface area contributed by atoms with Gasteiger partial charge < -0.3 is 21.1 Å². The van der Waals surface area contributed by atoms with Crippen LogP contribution in [-0.4, -0.2) is 30.6 Å². The number of anilines is 2. The highest BCUT2D eigenvalue weighted by molar-refractivity contribution is 5.80. The van der Waals surface area contributed by atoms with Gasteiger partial charge in [-0.3, -0.25) is 4.79 Å². The van der Waals surface area contributed by atoms with E-state index in [2.05, 4.69) is 15.6 Å². The summed E-state index contributed by atoms with van der Waals surface area (Å²) < 4.78 is 5.40. The third-order valence-electron chi connectivity index (χ3n) is 2.14. The number of carbonyl (C=O) groups excluding carboxylic acids is 1. The van der Waals surface area contributed by atoms with Crippen LogP contribution in [0.2, 0.25) is 0 Å². The number of pyridine rings is 1. The summed E-state index contributed by atoms with van der Waals surface area (Å²) in [6.07, 6.45) is 0.887. The van der Waals surface area contributed by atoms with Gasteiger partial charge in [0, 0.05) is 6.54 Å². The first-order valence-electron chi connectivity index (χ1n) is 6.07. The van der Waals surface area contributed by atoms with Crippen LogP contribution in [0.1, 0.15) is 20.3 Å². The SMILES string of the molecule is CCCOc1nc(NCC(=O)NCC)ccc1N. The van der Waals surface area contributed by atoms with Gasteiger partial charge in [0.15, 0.2) is 0 Å². The van der Waals surface area contributed by atoms with Gasteiger partial charge in [-0.1, -0.05) is 6.92 Å². The van der Waals surface area contributed by atoms with E-state index >= 15 is 0 Å². The van der Waals surface area contributed by atoms with Crippen LogP contribution in [0.25, 0.3) is 0 Å². The van der Waals surface area contributed by atoms with Crippen LogP contribution in [0.4, 0.5) is 11.5 Å². The molecule has 1 aromatic heterocycles. The van der Waals surface area contributed by atoms with Crippen molar-refractivity contribution in [3.63, 3.8) is 0 Å². The molecule has 4 N–H and O–H groups in total. The Morgan fingerprint density at radius 1 is 1.44 bits per heavy atom. The van der Waals surface area contributed by atoms with Crippen LogP contribution >= 0.6 is 0 Å². The number of ether oxygens (including phenoxy) is 1. The molecule has 0 spiro atoms. The number of hydrogen-bond donors (Lipinski definition) is 3. The molecule has 1 rings (SSSR count). The number of carbonyl (C=O) groups is 1. The molecule has 6 nitrogen and oxygen atoms in total. The molecule has 6 heteroatoms. The molecular weight excluding hydrogens is 232 g/mol. The zero-order valence-electron chi connectivity index (χ0n) is 10.8. The minimum Gasteiger partial charge on any atom is -0.476 e. The lowest BCUT2D eigenvalue weighted by atomic mass is 10.4. The molecule has 0 saturated heterocycles. The van der Waals surface area contributed by atoms with Crippen molar-refractivity contribution in [1.29, 1.82) is 0 Å². The Bertz CT molecular complexity index is 396. The molecule has 0 unspecified atom stereocenters. The van der Waals surface area contributed by atoms with Crippen LogP contribution in [-0.2, 0) is 4.79 Å². The van der Waals surface area contributed by atoms with Gasteiger partial charge in [0.1, 0.15) is 5.82 Å². The van der Waals surface area contributed by atoms with Crippen LogP contribution in [0, 0.1) is 0 Å². The van der Waals surface area contributed by atoms with Crippen molar-refractivity contribution in [1.82, 2.24) is 10.3 Å². The second-order valence-electron chi connectivity index (χ2n) is 3.75. The fraction of sp³-hybridized carbons (Fsp3) is 0.500. The van der Waals surface area contributed by atoms with Crippen LogP contribution in [0.5, 0.6) is 5.88 Å². The second-order valence-corrected chi connectivity index (χ2v) is 3.75. The normalized spacial score (nSPS) is 9.89. The summed E-state index contributed by atoms with van der Waals surface area (Å²) in [6.45, 7) is 5.24. The van der Waals surface area contributed by atoms with E-state index in [1.807, 2.05) is 13.8 Å². The Morgan fingerprint density at radius 3 is 2.89 bits per heavy atom. The van der Waals surface area contributed by atoms with E-state index in [0.717, 1.165) is 6.42 Å². The molecule has 100 valence electrons. The third kappa shape index (κ3) is 4.48. The summed E-state index contributed by atoms with van der Waals surface area (Å²) in [5.41, 5.74) is 6.23. The maximum Gasteiger partial charge on any atom is 0.239 e. The van der Waals surface area contributed by atoms with Gasteiger partial charge in [0.2, 0.25) is 11.8 Å². The maximum absolute atomic E-state index is 11.3. The van der Waals surface area contributed by atoms with Crippen molar-refractivity contribution in [3.8, 4) is 5.88 Å². The average molecular weight is 252 g/mol. The van der Waals surface area contributed by atoms with E-state index < -0.39 is 0 Å². The van der Waals surface area contributed by atoms with Gasteiger partial charge in [-0.05, 0) is 25.5 Å². The smallest absolute Gasteiger partial charge is 0.239 e. The standard InChI is InChI=1S/C12H20N4O2/c1-3-7-18-12-9(13)5-6-10(16-12)15-8-11(17)14-4-2/h5-6H,3-4,7-8,13H2,1-2H3,(H,14,17)(H,15,16). The van der Waals surface area contributed by atoms with E-state index in [-0.39, 0.29) is 12.5 Å². The van der Waals surface area contributed by atoms with E-state index in [9.17, 15) is 4.79 Å². The molecule has 0 atom stereocenters. The molecule has 0 bridgehead atoms. The Hall–Kier alpha value is -1.98. The Kier molecular flexibility index (Phi) is 5.76. The van der Waals surface area contributed by atoms with Crippen molar-refractivity contribution < 1.29 is 9.53 Å². The van der Waals surface area contributed by atoms with Gasteiger partial charge >= 0.3 is 0 Å². The second kappa shape index (κ2) is 7.37. The fourth-order valence-corrected chi connectivity index (χ4v) is 1.29. The number of likely N-dealkylation sites (N-methyl/N-ethyl adjacent to an activating group) is 1. The lowest BCUT2D eigenvalue weighted by Gasteiger charge is -2.10. The van der Waals surface area contributed by atoms with E-state index in [4.69, 9.17) is 10.5 Å². The van der Waals surface area contributed by atoms with E-state index in [1.165, 1.54) is 0 Å². The maximum atomic E-state index is 11.3. The zero-order chi connectivity index (χ0) is 13.4. The highest BCUT2D eigenvalue weighted by atomic mass is 16.5. The molecule has 0 radical (unpaired) electrons. The topological polar surface area (TPSA) is 89.3 Å². The first-order valence-corrected chi connectivity index (χ1v) is 6.07. The largest absolute Gasteiger partial charge is 0.476 e. The van der Waals surface area contributed by atoms with Gasteiger partial charge in [-0.15, -0.1) is 0 Å². The molecule has 1 aromatic rings. The Morgan fingerprint density at radius 2 is 2.22 bits per heavy atom. The van der Waals surface area contributed by atoms with Crippen molar-refractivity contribution in [3.05, 3.63) is 12.1 Å². The number of nitrogens with one attached hydrogen (secondary N) is 2. The summed E-state index contributed by atoms with van der Waals surface area (Å²) in [5, 5.41) is 5.61. The van der Waals surface area contributed by atoms with Crippen LogP contribution < -0.4 is 21.1 Å². The van der Waals surface area contributed by atoms with Gasteiger partial charge in [-0.25, -0.2) is 0 Å². The minimum atomic E-state index is -0.0767. The molecule has 1 heterocycles. The molecule has 0 aliphatic carbocycles. The first-order chi connectivity index (χ1) is 8.67. The number of aromatic nitrogens is 1. The van der Waals surface area contributed by atoms with Crippen LogP contribution in [0.15, 0.2) is 12.1 Å². The van der Waals surface area contributed by atoms with Crippen molar-refractivity contribution in [2.75, 3.05) is 30.7 Å². The molecule has 0 fully saturated rings. The minimum absolute atomic E-state index is 0.0767. The van der Waals surface area contributed by atoms with Crippen LogP contribution in [0.3, 0.4) is 0 Å². The molecule has 1 amide bonds. The fourth-order valence-electron chi connectivity index (χ4n) is 1.29. The monoisotopic (exact) mass is 252 g/mol. The molecule has 0 aromatic carbocycles. The van der Waals surface area contributed by atoms with E-state index in [1.54, 1.807) is 12.1 Å². The molecular formula is C12H20N4O2. The van der Waals surface area contributed by atoms with Crippen molar-refractivity contribution in [2.24, 2.45) is 0 Å². The first kappa shape index (κ1) is 14.1. The third-order valence-corrected chi connectivity index (χ3v) is 2.14. The molecule has 0 aliphatic rings. The number of nitrogens with two attached hydrogens (primary N) is 1. The number of hydrogen-bond acceptors (Lipinski definition) is 5. The number of nitrogens with zero attached hydrogens (tertiary/aromatic N) is 1. The van der Waals surface area contributed by atoms with Gasteiger partial charge in [0.05, 0.1) is 18.8 Å². The summed E-state index contributed by atoms with van der Waals surface area (Å²) in [7, 11) is 0. The molecule has 0 saturated carbocycles. The number of nitrogen functional groups attached to an aromatic ring is 1. The highest BCUT2D eigenvalue weighted by Crippen LogP contribution is 2.20. The summed E-state index contributed by atoms with van der Waals surface area (Å²) in [5.74, 6) is 0.895. The number of rotatable bonds is 7. The van der Waals surface area contributed by atoms with Crippen molar-refractivity contribution >= 4 is 17.4 Å². The van der Waals surface area contributed by atoms with Gasteiger partial charge in [0.25, 0.3) is 0 Å². The lowest BCUT2D eigenvalue weighted by Crippen LogP contribution is -2.29.